The van der Waals surface area contributed by atoms with E-state index in [0.29, 0.717) is 12.5 Å². The number of carbonyl (C=O) groups excluding carboxylic acids is 1. The fourth-order valence-corrected chi connectivity index (χ4v) is 2.46. The van der Waals surface area contributed by atoms with Crippen molar-refractivity contribution in [2.75, 3.05) is 37.6 Å². The van der Waals surface area contributed by atoms with Crippen LogP contribution in [0.3, 0.4) is 0 Å². The maximum absolute atomic E-state index is 12.0. The highest BCUT2D eigenvalue weighted by atomic mass is 16.1. The number of para-hydroxylation sites is 1. The van der Waals surface area contributed by atoms with Gasteiger partial charge in [-0.3, -0.25) is 4.79 Å². The first-order chi connectivity index (χ1) is 11.1. The molecule has 5 heteroatoms. The first-order valence-corrected chi connectivity index (χ1v) is 8.04. The SMILES string of the molecule is CC(C)CNC(=O)/C(C#N)=C\N1CCN(c2ccccc2)CC1. The van der Waals surface area contributed by atoms with Crippen LogP contribution in [0.15, 0.2) is 42.1 Å². The second kappa shape index (κ2) is 8.23. The van der Waals surface area contributed by atoms with Crippen molar-refractivity contribution >= 4 is 11.6 Å². The topological polar surface area (TPSA) is 59.4 Å². The van der Waals surface area contributed by atoms with Crippen molar-refractivity contribution < 1.29 is 4.79 Å². The number of benzene rings is 1. The van der Waals surface area contributed by atoms with Gasteiger partial charge in [-0.1, -0.05) is 32.0 Å². The number of hydrogen-bond donors (Lipinski definition) is 1. The van der Waals surface area contributed by atoms with Crippen LogP contribution in [0.25, 0.3) is 0 Å². The van der Waals surface area contributed by atoms with E-state index in [9.17, 15) is 10.1 Å². The second-order valence-electron chi connectivity index (χ2n) is 6.12. The third-order valence-electron chi connectivity index (χ3n) is 3.78. The maximum atomic E-state index is 12.0. The number of hydrogen-bond acceptors (Lipinski definition) is 4. The molecule has 0 radical (unpaired) electrons. The van der Waals surface area contributed by atoms with E-state index in [4.69, 9.17) is 0 Å². The van der Waals surface area contributed by atoms with Crippen molar-refractivity contribution in [3.8, 4) is 6.07 Å². The van der Waals surface area contributed by atoms with Crippen LogP contribution in [0, 0.1) is 17.2 Å². The number of piperazine rings is 1. The molecule has 0 saturated carbocycles. The average Bonchev–Trinajstić information content (AvgIpc) is 2.59. The third-order valence-corrected chi connectivity index (χ3v) is 3.78. The maximum Gasteiger partial charge on any atom is 0.263 e. The molecule has 0 aromatic heterocycles. The predicted molar refractivity (Wildman–Crippen MR) is 91.8 cm³/mol. The Kier molecular flexibility index (Phi) is 6.04. The van der Waals surface area contributed by atoms with Crippen LogP contribution in [0.2, 0.25) is 0 Å². The Morgan fingerprint density at radius 3 is 2.48 bits per heavy atom. The third kappa shape index (κ3) is 5.03. The van der Waals surface area contributed by atoms with Gasteiger partial charge in [-0.2, -0.15) is 5.26 Å². The zero-order valence-corrected chi connectivity index (χ0v) is 13.8. The Labute approximate surface area is 138 Å². The highest BCUT2D eigenvalue weighted by Gasteiger charge is 2.17. The zero-order chi connectivity index (χ0) is 16.7. The average molecular weight is 312 g/mol. The van der Waals surface area contributed by atoms with E-state index in [1.807, 2.05) is 43.0 Å². The summed E-state index contributed by atoms with van der Waals surface area (Å²) in [5.74, 6) is 0.0833. The summed E-state index contributed by atoms with van der Waals surface area (Å²) in [7, 11) is 0. The van der Waals surface area contributed by atoms with E-state index in [0.717, 1.165) is 26.2 Å². The molecule has 1 aromatic rings. The number of rotatable bonds is 5. The van der Waals surface area contributed by atoms with Gasteiger partial charge in [0, 0.05) is 44.6 Å². The van der Waals surface area contributed by atoms with Gasteiger partial charge < -0.3 is 15.1 Å². The van der Waals surface area contributed by atoms with Gasteiger partial charge in [0.2, 0.25) is 0 Å². The Bertz CT molecular complexity index is 581. The normalized spacial score (nSPS) is 15.5. The largest absolute Gasteiger partial charge is 0.373 e. The summed E-state index contributed by atoms with van der Waals surface area (Å²) in [6, 6.07) is 12.3. The molecule has 1 amide bonds. The van der Waals surface area contributed by atoms with Crippen molar-refractivity contribution in [1.82, 2.24) is 10.2 Å². The van der Waals surface area contributed by atoms with Gasteiger partial charge in [0.05, 0.1) is 0 Å². The second-order valence-corrected chi connectivity index (χ2v) is 6.12. The summed E-state index contributed by atoms with van der Waals surface area (Å²) in [6.45, 7) is 8.01. The molecule has 0 spiro atoms. The highest BCUT2D eigenvalue weighted by Crippen LogP contribution is 2.16. The number of carbonyl (C=O) groups is 1. The van der Waals surface area contributed by atoms with Crippen LogP contribution >= 0.6 is 0 Å². The van der Waals surface area contributed by atoms with Crippen LogP contribution < -0.4 is 10.2 Å². The standard InChI is InChI=1S/C18H24N4O/c1-15(2)13-20-18(23)16(12-19)14-21-8-10-22(11-9-21)17-6-4-3-5-7-17/h3-7,14-15H,8-11,13H2,1-2H3,(H,20,23)/b16-14-. The van der Waals surface area contributed by atoms with Crippen molar-refractivity contribution in [3.63, 3.8) is 0 Å². The molecule has 1 heterocycles. The lowest BCUT2D eigenvalue weighted by molar-refractivity contribution is -0.117. The molecule has 5 nitrogen and oxygen atoms in total. The monoisotopic (exact) mass is 312 g/mol. The molecule has 122 valence electrons. The van der Waals surface area contributed by atoms with Crippen LogP contribution in [-0.4, -0.2) is 43.5 Å². The van der Waals surface area contributed by atoms with Gasteiger partial charge in [-0.15, -0.1) is 0 Å². The van der Waals surface area contributed by atoms with E-state index in [-0.39, 0.29) is 11.5 Å². The minimum Gasteiger partial charge on any atom is -0.373 e. The Morgan fingerprint density at radius 2 is 1.91 bits per heavy atom. The highest BCUT2D eigenvalue weighted by molar-refractivity contribution is 5.97. The Hall–Kier alpha value is -2.48. The molecule has 0 unspecified atom stereocenters. The van der Waals surface area contributed by atoms with E-state index in [1.54, 1.807) is 6.20 Å². The summed E-state index contributed by atoms with van der Waals surface area (Å²) in [5.41, 5.74) is 1.39. The summed E-state index contributed by atoms with van der Waals surface area (Å²) in [5, 5.41) is 12.0. The molecule has 1 aromatic carbocycles. The van der Waals surface area contributed by atoms with Gasteiger partial charge in [-0.05, 0) is 18.1 Å². The minimum atomic E-state index is -0.285. The van der Waals surface area contributed by atoms with Crippen LogP contribution in [-0.2, 0) is 4.79 Å². The predicted octanol–water partition coefficient (Wildman–Crippen LogP) is 1.99. The Morgan fingerprint density at radius 1 is 1.26 bits per heavy atom. The molecule has 1 saturated heterocycles. The summed E-state index contributed by atoms with van der Waals surface area (Å²) in [6.07, 6.45) is 1.69. The summed E-state index contributed by atoms with van der Waals surface area (Å²) >= 11 is 0. The van der Waals surface area contributed by atoms with Gasteiger partial charge in [0.1, 0.15) is 11.6 Å². The van der Waals surface area contributed by atoms with E-state index in [1.165, 1.54) is 5.69 Å². The van der Waals surface area contributed by atoms with Gasteiger partial charge >= 0.3 is 0 Å². The van der Waals surface area contributed by atoms with Gasteiger partial charge in [0.15, 0.2) is 0 Å². The number of nitrogens with zero attached hydrogens (tertiary/aromatic N) is 3. The first kappa shape index (κ1) is 16.9. The molecule has 0 atom stereocenters. The van der Waals surface area contributed by atoms with Crippen LogP contribution in [0.5, 0.6) is 0 Å². The van der Waals surface area contributed by atoms with Crippen LogP contribution in [0.4, 0.5) is 5.69 Å². The lowest BCUT2D eigenvalue weighted by Gasteiger charge is -2.35. The van der Waals surface area contributed by atoms with E-state index in [2.05, 4.69) is 22.3 Å². The van der Waals surface area contributed by atoms with Crippen molar-refractivity contribution in [1.29, 1.82) is 5.26 Å². The molecular formula is C18H24N4O. The lowest BCUT2D eigenvalue weighted by atomic mass is 10.2. The fraction of sp³-hybridized carbons (Fsp3) is 0.444. The fourth-order valence-electron chi connectivity index (χ4n) is 2.46. The molecule has 1 aliphatic heterocycles. The first-order valence-electron chi connectivity index (χ1n) is 8.04. The van der Waals surface area contributed by atoms with Gasteiger partial charge in [0.25, 0.3) is 5.91 Å². The molecule has 0 aliphatic carbocycles. The number of amides is 1. The van der Waals surface area contributed by atoms with E-state index >= 15 is 0 Å². The van der Waals surface area contributed by atoms with Crippen molar-refractivity contribution in [2.24, 2.45) is 5.92 Å². The van der Waals surface area contributed by atoms with Gasteiger partial charge in [-0.25, -0.2) is 0 Å². The smallest absolute Gasteiger partial charge is 0.263 e. The van der Waals surface area contributed by atoms with Crippen LogP contribution in [0.1, 0.15) is 13.8 Å². The number of nitrogens with one attached hydrogen (secondary N) is 1. The summed E-state index contributed by atoms with van der Waals surface area (Å²) < 4.78 is 0. The molecule has 0 bridgehead atoms. The summed E-state index contributed by atoms with van der Waals surface area (Å²) in [4.78, 5) is 16.4. The molecule has 1 fully saturated rings. The Balaban J connectivity index is 1.91. The van der Waals surface area contributed by atoms with Crippen molar-refractivity contribution in [3.05, 3.63) is 42.1 Å². The minimum absolute atomic E-state index is 0.179. The molecule has 23 heavy (non-hydrogen) atoms. The quantitative estimate of drug-likeness (QED) is 0.667. The molecule has 2 rings (SSSR count). The van der Waals surface area contributed by atoms with Crippen molar-refractivity contribution in [2.45, 2.75) is 13.8 Å². The number of anilines is 1. The molecule has 1 N–H and O–H groups in total. The van der Waals surface area contributed by atoms with E-state index < -0.39 is 0 Å². The molecular weight excluding hydrogens is 288 g/mol. The lowest BCUT2D eigenvalue weighted by Crippen LogP contribution is -2.44. The molecule has 1 aliphatic rings. The number of nitriles is 1. The zero-order valence-electron chi connectivity index (χ0n) is 13.8.